The maximum Gasteiger partial charge on any atom is 0.320 e. The number of hydrogen-bond acceptors (Lipinski definition) is 3. The first-order chi connectivity index (χ1) is 6.04. The molecule has 1 atom stereocenters. The van der Waals surface area contributed by atoms with Crippen LogP contribution in [0.25, 0.3) is 0 Å². The molecule has 0 rings (SSSR count). The molecule has 0 aromatic rings. The van der Waals surface area contributed by atoms with Gasteiger partial charge in [-0.2, -0.15) is 5.26 Å². The molecule has 0 heterocycles. The molecule has 0 bridgehead atoms. The van der Waals surface area contributed by atoms with Crippen molar-refractivity contribution in [1.29, 1.82) is 5.26 Å². The molecule has 0 aliphatic carbocycles. The number of nitriles is 1. The minimum absolute atomic E-state index is 0.0840. The van der Waals surface area contributed by atoms with Gasteiger partial charge in [-0.05, 0) is 20.3 Å². The van der Waals surface area contributed by atoms with Crippen LogP contribution in [0.3, 0.4) is 0 Å². The van der Waals surface area contributed by atoms with E-state index < -0.39 is 12.0 Å². The lowest BCUT2D eigenvalue weighted by molar-refractivity contribution is -0.143. The van der Waals surface area contributed by atoms with Crippen molar-refractivity contribution in [2.24, 2.45) is 0 Å². The van der Waals surface area contributed by atoms with E-state index in [1.165, 1.54) is 0 Å². The van der Waals surface area contributed by atoms with E-state index >= 15 is 0 Å². The number of aliphatic carboxylic acids is 1. The van der Waals surface area contributed by atoms with Gasteiger partial charge in [0.2, 0.25) is 0 Å². The second kappa shape index (κ2) is 5.55. The van der Waals surface area contributed by atoms with Gasteiger partial charge in [0, 0.05) is 6.04 Å². The Hall–Kier alpha value is -1.08. The van der Waals surface area contributed by atoms with Gasteiger partial charge in [0.25, 0.3) is 0 Å². The Kier molecular flexibility index (Phi) is 5.09. The number of carboxylic acid groups (broad SMARTS) is 1. The number of carboxylic acids is 1. The van der Waals surface area contributed by atoms with Crippen LogP contribution in [-0.2, 0) is 4.79 Å². The van der Waals surface area contributed by atoms with Gasteiger partial charge >= 0.3 is 5.97 Å². The van der Waals surface area contributed by atoms with Gasteiger partial charge in [0.05, 0.1) is 12.6 Å². The zero-order chi connectivity index (χ0) is 10.4. The van der Waals surface area contributed by atoms with Crippen molar-refractivity contribution in [3.05, 3.63) is 0 Å². The Morgan fingerprint density at radius 3 is 2.38 bits per heavy atom. The lowest BCUT2D eigenvalue weighted by Gasteiger charge is -2.29. The summed E-state index contributed by atoms with van der Waals surface area (Å²) in [6.07, 6.45) is 0.523. The van der Waals surface area contributed by atoms with Gasteiger partial charge in [0.1, 0.15) is 6.04 Å². The van der Waals surface area contributed by atoms with E-state index in [9.17, 15) is 4.79 Å². The average Bonchev–Trinajstić information content (AvgIpc) is 2.03. The van der Waals surface area contributed by atoms with Crippen molar-refractivity contribution < 1.29 is 9.90 Å². The number of nitrogens with zero attached hydrogens (tertiary/aromatic N) is 2. The quantitative estimate of drug-likeness (QED) is 0.649. The third-order valence-corrected chi connectivity index (χ3v) is 1.99. The zero-order valence-electron chi connectivity index (χ0n) is 8.32. The lowest BCUT2D eigenvalue weighted by Crippen LogP contribution is -2.45. The fourth-order valence-corrected chi connectivity index (χ4v) is 1.29. The van der Waals surface area contributed by atoms with Crippen molar-refractivity contribution in [3.8, 4) is 6.07 Å². The van der Waals surface area contributed by atoms with Crippen LogP contribution in [0.1, 0.15) is 27.2 Å². The van der Waals surface area contributed by atoms with Crippen molar-refractivity contribution in [1.82, 2.24) is 4.90 Å². The maximum atomic E-state index is 10.8. The summed E-state index contributed by atoms with van der Waals surface area (Å²) in [5.41, 5.74) is 0. The highest BCUT2D eigenvalue weighted by molar-refractivity contribution is 5.73. The molecule has 1 unspecified atom stereocenters. The van der Waals surface area contributed by atoms with E-state index in [0.29, 0.717) is 6.42 Å². The van der Waals surface area contributed by atoms with Crippen LogP contribution in [0, 0.1) is 11.3 Å². The van der Waals surface area contributed by atoms with Crippen LogP contribution in [0.15, 0.2) is 0 Å². The number of hydrogen-bond donors (Lipinski definition) is 1. The lowest BCUT2D eigenvalue weighted by atomic mass is 10.1. The minimum Gasteiger partial charge on any atom is -0.480 e. The molecular weight excluding hydrogens is 168 g/mol. The van der Waals surface area contributed by atoms with Crippen molar-refractivity contribution in [2.75, 3.05) is 6.54 Å². The zero-order valence-corrected chi connectivity index (χ0v) is 8.32. The summed E-state index contributed by atoms with van der Waals surface area (Å²) in [6, 6.07) is 1.52. The highest BCUT2D eigenvalue weighted by Gasteiger charge is 2.25. The van der Waals surface area contributed by atoms with Gasteiger partial charge in [0.15, 0.2) is 0 Å². The van der Waals surface area contributed by atoms with Crippen LogP contribution in [0.5, 0.6) is 0 Å². The largest absolute Gasteiger partial charge is 0.480 e. The first-order valence-electron chi connectivity index (χ1n) is 4.40. The molecule has 0 saturated heterocycles. The summed E-state index contributed by atoms with van der Waals surface area (Å²) in [4.78, 5) is 12.5. The molecule has 4 heteroatoms. The van der Waals surface area contributed by atoms with Gasteiger partial charge in [-0.15, -0.1) is 0 Å². The molecule has 0 radical (unpaired) electrons. The van der Waals surface area contributed by atoms with Gasteiger partial charge in [-0.3, -0.25) is 9.69 Å². The Labute approximate surface area is 78.8 Å². The summed E-state index contributed by atoms with van der Waals surface area (Å²) >= 11 is 0. The third kappa shape index (κ3) is 3.43. The van der Waals surface area contributed by atoms with E-state index in [0.717, 1.165) is 0 Å². The highest BCUT2D eigenvalue weighted by atomic mass is 16.4. The van der Waals surface area contributed by atoms with E-state index in [1.807, 2.05) is 26.8 Å². The molecule has 0 fully saturated rings. The van der Waals surface area contributed by atoms with Crippen LogP contribution < -0.4 is 0 Å². The summed E-state index contributed by atoms with van der Waals surface area (Å²) in [5, 5.41) is 17.4. The molecule has 1 N–H and O–H groups in total. The molecule has 74 valence electrons. The van der Waals surface area contributed by atoms with Crippen LogP contribution in [0.4, 0.5) is 0 Å². The molecule has 0 aliphatic heterocycles. The predicted octanol–water partition coefficient (Wildman–Crippen LogP) is 1.08. The second-order valence-electron chi connectivity index (χ2n) is 3.19. The highest BCUT2D eigenvalue weighted by Crippen LogP contribution is 2.08. The smallest absolute Gasteiger partial charge is 0.320 e. The molecule has 13 heavy (non-hydrogen) atoms. The fraction of sp³-hybridized carbons (Fsp3) is 0.778. The molecular formula is C9H16N2O2. The monoisotopic (exact) mass is 184 g/mol. The fourth-order valence-electron chi connectivity index (χ4n) is 1.29. The van der Waals surface area contributed by atoms with Crippen LogP contribution in [0.2, 0.25) is 0 Å². The first-order valence-corrected chi connectivity index (χ1v) is 4.40. The molecule has 0 aromatic heterocycles. The molecule has 0 aromatic carbocycles. The Balaban J connectivity index is 4.50. The normalized spacial score (nSPS) is 12.9. The average molecular weight is 184 g/mol. The molecule has 0 amide bonds. The summed E-state index contributed by atoms with van der Waals surface area (Å²) in [5.74, 6) is -0.855. The predicted molar refractivity (Wildman–Crippen MR) is 49.2 cm³/mol. The van der Waals surface area contributed by atoms with Gasteiger partial charge in [-0.25, -0.2) is 0 Å². The van der Waals surface area contributed by atoms with E-state index in [-0.39, 0.29) is 12.6 Å². The van der Waals surface area contributed by atoms with Crippen LogP contribution >= 0.6 is 0 Å². The molecule has 4 nitrogen and oxygen atoms in total. The Morgan fingerprint density at radius 1 is 1.62 bits per heavy atom. The van der Waals surface area contributed by atoms with Crippen molar-refractivity contribution in [2.45, 2.75) is 39.3 Å². The Morgan fingerprint density at radius 2 is 2.15 bits per heavy atom. The minimum atomic E-state index is -0.855. The summed E-state index contributed by atoms with van der Waals surface area (Å²) in [7, 11) is 0. The standard InChI is InChI=1S/C9H16N2O2/c1-4-8(9(12)13)11(6-5-10)7(2)3/h7-8H,4,6H2,1-3H3,(H,12,13). The van der Waals surface area contributed by atoms with Crippen molar-refractivity contribution in [3.63, 3.8) is 0 Å². The van der Waals surface area contributed by atoms with E-state index in [4.69, 9.17) is 10.4 Å². The number of rotatable bonds is 5. The molecule has 0 saturated carbocycles. The van der Waals surface area contributed by atoms with Gasteiger partial charge in [-0.1, -0.05) is 6.92 Å². The first kappa shape index (κ1) is 11.9. The van der Waals surface area contributed by atoms with E-state index in [2.05, 4.69) is 0 Å². The van der Waals surface area contributed by atoms with Crippen LogP contribution in [-0.4, -0.2) is 34.6 Å². The topological polar surface area (TPSA) is 64.3 Å². The van der Waals surface area contributed by atoms with E-state index in [1.54, 1.807) is 4.90 Å². The maximum absolute atomic E-state index is 10.8. The summed E-state index contributed by atoms with van der Waals surface area (Å²) in [6.45, 7) is 5.76. The summed E-state index contributed by atoms with van der Waals surface area (Å²) < 4.78 is 0. The third-order valence-electron chi connectivity index (χ3n) is 1.99. The molecule has 0 spiro atoms. The molecule has 0 aliphatic rings. The number of carbonyl (C=O) groups is 1. The van der Waals surface area contributed by atoms with Gasteiger partial charge < -0.3 is 5.11 Å². The Bertz CT molecular complexity index is 208. The second-order valence-corrected chi connectivity index (χ2v) is 3.19. The van der Waals surface area contributed by atoms with Crippen molar-refractivity contribution >= 4 is 5.97 Å². The SMILES string of the molecule is CCC(C(=O)O)N(CC#N)C(C)C.